The van der Waals surface area contributed by atoms with Crippen LogP contribution in [0.2, 0.25) is 5.02 Å². The summed E-state index contributed by atoms with van der Waals surface area (Å²) in [4.78, 5) is 36.7. The first-order chi connectivity index (χ1) is 21.1. The molecule has 2 saturated heterocycles. The number of rotatable bonds is 4. The minimum Gasteiger partial charge on any atom is -0.489 e. The lowest BCUT2D eigenvalue weighted by atomic mass is 9.49. The summed E-state index contributed by atoms with van der Waals surface area (Å²) >= 11 is 6.25. The van der Waals surface area contributed by atoms with Gasteiger partial charge in [0.2, 0.25) is 0 Å². The minimum atomic E-state index is -0.483. The Hall–Kier alpha value is -3.79. The molecule has 1 aromatic heterocycles. The second kappa shape index (κ2) is 10.9. The van der Waals surface area contributed by atoms with E-state index in [1.165, 1.54) is 0 Å². The SMILES string of the molecule is CC(C)(C)OC(=O)N1CC(N2CC(C#Cc3ccc4c(n3)CN(C3C(C)(C)C(Oc5ccc(C#N)c(Cl)c5)C3(C)C)C4=O)C2)C1. The van der Waals surface area contributed by atoms with Crippen LogP contribution in [0.25, 0.3) is 0 Å². The van der Waals surface area contributed by atoms with Crippen LogP contribution < -0.4 is 4.74 Å². The Bertz CT molecular complexity index is 1630. The number of likely N-dealkylation sites (tertiary alicyclic amines) is 2. The normalized spacial score (nSPS) is 23.9. The predicted octanol–water partition coefficient (Wildman–Crippen LogP) is 5.35. The van der Waals surface area contributed by atoms with Crippen molar-refractivity contribution >= 4 is 23.6 Å². The van der Waals surface area contributed by atoms with Gasteiger partial charge in [0, 0.05) is 61.1 Å². The number of carbonyl (C=O) groups is 2. The number of benzene rings is 1. The fourth-order valence-corrected chi connectivity index (χ4v) is 7.95. The van der Waals surface area contributed by atoms with Crippen molar-refractivity contribution in [3.8, 4) is 23.7 Å². The molecule has 0 atom stereocenters. The van der Waals surface area contributed by atoms with Crippen LogP contribution in [0, 0.1) is 39.9 Å². The number of amides is 2. The lowest BCUT2D eigenvalue weighted by Gasteiger charge is -2.65. The number of carbonyl (C=O) groups excluding carboxylic acids is 2. The second-order valence-electron chi connectivity index (χ2n) is 14.9. The summed E-state index contributed by atoms with van der Waals surface area (Å²) in [6.07, 6.45) is -0.423. The van der Waals surface area contributed by atoms with Crippen molar-refractivity contribution in [2.45, 2.75) is 78.8 Å². The van der Waals surface area contributed by atoms with E-state index in [1.54, 1.807) is 23.1 Å². The Kier molecular flexibility index (Phi) is 7.58. The van der Waals surface area contributed by atoms with Crippen LogP contribution in [0.4, 0.5) is 4.79 Å². The van der Waals surface area contributed by atoms with E-state index < -0.39 is 5.60 Å². The number of hydrogen-bond acceptors (Lipinski definition) is 7. The Morgan fingerprint density at radius 1 is 1.07 bits per heavy atom. The van der Waals surface area contributed by atoms with Gasteiger partial charge in [0.25, 0.3) is 5.91 Å². The van der Waals surface area contributed by atoms with Crippen molar-refractivity contribution in [2.75, 3.05) is 26.2 Å². The quantitative estimate of drug-likeness (QED) is 0.421. The zero-order chi connectivity index (χ0) is 32.5. The van der Waals surface area contributed by atoms with Gasteiger partial charge in [-0.2, -0.15) is 5.26 Å². The number of nitrogens with zero attached hydrogens (tertiary/aromatic N) is 5. The first kappa shape index (κ1) is 31.2. The summed E-state index contributed by atoms with van der Waals surface area (Å²) < 4.78 is 11.9. The number of pyridine rings is 1. The van der Waals surface area contributed by atoms with Gasteiger partial charge in [-0.3, -0.25) is 9.69 Å². The fourth-order valence-electron chi connectivity index (χ4n) is 7.73. The molecule has 10 heteroatoms. The minimum absolute atomic E-state index is 0.0152. The molecule has 1 aliphatic carbocycles. The summed E-state index contributed by atoms with van der Waals surface area (Å²) in [5.41, 5.74) is 1.30. The molecule has 4 heterocycles. The molecule has 0 radical (unpaired) electrons. The second-order valence-corrected chi connectivity index (χ2v) is 15.3. The van der Waals surface area contributed by atoms with Crippen LogP contribution >= 0.6 is 11.6 Å². The summed E-state index contributed by atoms with van der Waals surface area (Å²) in [6, 6.07) is 11.2. The highest BCUT2D eigenvalue weighted by Gasteiger charge is 2.67. The van der Waals surface area contributed by atoms with Gasteiger partial charge >= 0.3 is 6.09 Å². The Balaban J connectivity index is 1.05. The van der Waals surface area contributed by atoms with Gasteiger partial charge in [-0.15, -0.1) is 0 Å². The highest BCUT2D eigenvalue weighted by atomic mass is 35.5. The lowest BCUT2D eigenvalue weighted by molar-refractivity contribution is -0.199. The van der Waals surface area contributed by atoms with Crippen LogP contribution in [-0.4, -0.2) is 81.7 Å². The standard InChI is InChI=1S/C35H40ClN5O4/c1-33(2,3)45-32(43)40-18-24(19-40)39-16-21(17-39)8-10-23-11-13-26-28(38-23)20-41(29(26)42)30-34(4,5)31(35(30,6)7)44-25-12-9-22(15-37)27(36)14-25/h9,11-14,21,24,30-31H,16-20H2,1-7H3. The molecular formula is C35H40ClN5O4. The predicted molar refractivity (Wildman–Crippen MR) is 170 cm³/mol. The van der Waals surface area contributed by atoms with E-state index in [1.807, 2.05) is 37.8 Å². The summed E-state index contributed by atoms with van der Waals surface area (Å²) in [6.45, 7) is 17.7. The van der Waals surface area contributed by atoms with Crippen molar-refractivity contribution in [1.29, 1.82) is 5.26 Å². The Morgan fingerprint density at radius 3 is 2.38 bits per heavy atom. The molecule has 0 unspecified atom stereocenters. The number of halogens is 1. The molecule has 0 N–H and O–H groups in total. The van der Waals surface area contributed by atoms with Gasteiger partial charge in [0.15, 0.2) is 0 Å². The lowest BCUT2D eigenvalue weighted by Crippen LogP contribution is -2.74. The third kappa shape index (κ3) is 5.62. The molecule has 236 valence electrons. The summed E-state index contributed by atoms with van der Waals surface area (Å²) in [5.74, 6) is 7.44. The van der Waals surface area contributed by atoms with E-state index in [9.17, 15) is 14.9 Å². The average Bonchev–Trinajstić information content (AvgIpc) is 3.20. The third-order valence-electron chi connectivity index (χ3n) is 9.52. The molecule has 45 heavy (non-hydrogen) atoms. The van der Waals surface area contributed by atoms with Gasteiger partial charge in [0.1, 0.15) is 29.2 Å². The monoisotopic (exact) mass is 629 g/mol. The highest BCUT2D eigenvalue weighted by Crippen LogP contribution is 2.59. The highest BCUT2D eigenvalue weighted by molar-refractivity contribution is 6.31. The molecule has 0 bridgehead atoms. The van der Waals surface area contributed by atoms with Crippen molar-refractivity contribution in [3.05, 3.63) is 57.9 Å². The fraction of sp³-hybridized carbons (Fsp3) is 0.543. The van der Waals surface area contributed by atoms with Crippen molar-refractivity contribution in [3.63, 3.8) is 0 Å². The molecule has 2 amide bonds. The first-order valence-electron chi connectivity index (χ1n) is 15.5. The summed E-state index contributed by atoms with van der Waals surface area (Å²) in [7, 11) is 0. The zero-order valence-corrected chi connectivity index (χ0v) is 27.7. The van der Waals surface area contributed by atoms with Crippen LogP contribution in [0.15, 0.2) is 30.3 Å². The zero-order valence-electron chi connectivity index (χ0n) is 27.0. The molecule has 6 rings (SSSR count). The maximum atomic E-state index is 13.6. The van der Waals surface area contributed by atoms with E-state index >= 15 is 0 Å². The average molecular weight is 630 g/mol. The van der Waals surface area contributed by atoms with Crippen LogP contribution in [-0.2, 0) is 11.3 Å². The topological polar surface area (TPSA) is 99.0 Å². The third-order valence-corrected chi connectivity index (χ3v) is 9.83. The van der Waals surface area contributed by atoms with Crippen molar-refractivity contribution in [1.82, 2.24) is 19.7 Å². The van der Waals surface area contributed by atoms with E-state index in [4.69, 9.17) is 26.1 Å². The van der Waals surface area contributed by atoms with E-state index in [0.29, 0.717) is 53.3 Å². The molecule has 2 aromatic rings. The molecular weight excluding hydrogens is 590 g/mol. The van der Waals surface area contributed by atoms with Gasteiger partial charge in [0.05, 0.1) is 28.4 Å². The van der Waals surface area contributed by atoms with Crippen molar-refractivity contribution < 1.29 is 19.1 Å². The smallest absolute Gasteiger partial charge is 0.410 e. The largest absolute Gasteiger partial charge is 0.489 e. The van der Waals surface area contributed by atoms with E-state index in [-0.39, 0.29) is 40.9 Å². The molecule has 9 nitrogen and oxygen atoms in total. The van der Waals surface area contributed by atoms with Crippen LogP contribution in [0.1, 0.15) is 75.8 Å². The first-order valence-corrected chi connectivity index (χ1v) is 15.9. The number of fused-ring (bicyclic) bond motifs is 1. The molecule has 1 aromatic carbocycles. The van der Waals surface area contributed by atoms with Crippen LogP contribution in [0.3, 0.4) is 0 Å². The molecule has 4 aliphatic rings. The number of hydrogen-bond donors (Lipinski definition) is 0. The number of nitriles is 1. The van der Waals surface area contributed by atoms with Gasteiger partial charge in [-0.1, -0.05) is 45.2 Å². The number of aromatic nitrogens is 1. The van der Waals surface area contributed by atoms with E-state index in [2.05, 4.69) is 50.5 Å². The van der Waals surface area contributed by atoms with Crippen molar-refractivity contribution in [2.24, 2.45) is 16.7 Å². The molecule has 0 spiro atoms. The van der Waals surface area contributed by atoms with Gasteiger partial charge in [-0.05, 0) is 51.0 Å². The summed E-state index contributed by atoms with van der Waals surface area (Å²) in [5, 5.41) is 9.56. The molecule has 3 aliphatic heterocycles. The molecule has 3 fully saturated rings. The maximum Gasteiger partial charge on any atom is 0.410 e. The Morgan fingerprint density at radius 2 is 1.76 bits per heavy atom. The van der Waals surface area contributed by atoms with Gasteiger partial charge < -0.3 is 19.3 Å². The molecule has 1 saturated carbocycles. The van der Waals surface area contributed by atoms with Crippen LogP contribution in [0.5, 0.6) is 5.75 Å². The number of ether oxygens (including phenoxy) is 2. The Labute approximate surface area is 270 Å². The van der Waals surface area contributed by atoms with Gasteiger partial charge in [-0.25, -0.2) is 9.78 Å². The van der Waals surface area contributed by atoms with E-state index in [0.717, 1.165) is 18.8 Å². The maximum absolute atomic E-state index is 13.6.